The first kappa shape index (κ1) is 20.5. The quantitative estimate of drug-likeness (QED) is 0.444. The largest absolute Gasteiger partial charge is 0.352 e. The normalized spacial score (nSPS) is 18.0. The van der Waals surface area contributed by atoms with E-state index in [1.165, 1.54) is 77.0 Å². The maximum absolute atomic E-state index is 11.9. The second kappa shape index (κ2) is 15.0. The lowest BCUT2D eigenvalue weighted by atomic mass is 10.0. The molecule has 23 heavy (non-hydrogen) atoms. The predicted octanol–water partition coefficient (Wildman–Crippen LogP) is 4.95. The van der Waals surface area contributed by atoms with Crippen molar-refractivity contribution in [2.75, 3.05) is 13.1 Å². The highest BCUT2D eigenvalue weighted by atomic mass is 16.1. The van der Waals surface area contributed by atoms with E-state index < -0.39 is 0 Å². The van der Waals surface area contributed by atoms with Crippen molar-refractivity contribution in [3.8, 4) is 0 Å². The van der Waals surface area contributed by atoms with Gasteiger partial charge in [0.15, 0.2) is 0 Å². The third-order valence-corrected chi connectivity index (χ3v) is 4.92. The standard InChI is InChI=1S/C20H40N2O/c1-2-3-4-5-6-7-8-9-10-11-12-13-16-20(23)22-19-15-14-17-21-18-19/h19,21H,2-18H2,1H3,(H,22,23)/t19-/m0/s1. The van der Waals surface area contributed by atoms with Gasteiger partial charge in [-0.2, -0.15) is 0 Å². The summed E-state index contributed by atoms with van der Waals surface area (Å²) in [5.74, 6) is 0.255. The Labute approximate surface area is 144 Å². The zero-order valence-corrected chi connectivity index (χ0v) is 15.5. The van der Waals surface area contributed by atoms with Gasteiger partial charge in [-0.3, -0.25) is 4.79 Å². The van der Waals surface area contributed by atoms with Crippen LogP contribution < -0.4 is 10.6 Å². The molecule has 1 amide bonds. The highest BCUT2D eigenvalue weighted by molar-refractivity contribution is 5.76. The van der Waals surface area contributed by atoms with Gasteiger partial charge in [-0.25, -0.2) is 0 Å². The van der Waals surface area contributed by atoms with E-state index >= 15 is 0 Å². The molecule has 1 rings (SSSR count). The van der Waals surface area contributed by atoms with Crippen LogP contribution in [0.3, 0.4) is 0 Å². The van der Waals surface area contributed by atoms with E-state index in [-0.39, 0.29) is 5.91 Å². The Hall–Kier alpha value is -0.570. The summed E-state index contributed by atoms with van der Waals surface area (Å²) in [6.07, 6.45) is 19.2. The van der Waals surface area contributed by atoms with Crippen molar-refractivity contribution in [3.63, 3.8) is 0 Å². The Morgan fingerprint density at radius 2 is 1.48 bits per heavy atom. The Morgan fingerprint density at radius 1 is 0.913 bits per heavy atom. The van der Waals surface area contributed by atoms with Crippen LogP contribution in [0.15, 0.2) is 0 Å². The third kappa shape index (κ3) is 12.5. The van der Waals surface area contributed by atoms with Gasteiger partial charge in [0.1, 0.15) is 0 Å². The topological polar surface area (TPSA) is 41.1 Å². The van der Waals surface area contributed by atoms with Crippen molar-refractivity contribution in [2.24, 2.45) is 0 Å². The number of hydrogen-bond acceptors (Lipinski definition) is 2. The maximum atomic E-state index is 11.9. The van der Waals surface area contributed by atoms with E-state index in [4.69, 9.17) is 0 Å². The minimum Gasteiger partial charge on any atom is -0.352 e. The predicted molar refractivity (Wildman–Crippen MR) is 99.7 cm³/mol. The highest BCUT2D eigenvalue weighted by Crippen LogP contribution is 2.12. The van der Waals surface area contributed by atoms with E-state index in [1.54, 1.807) is 0 Å². The van der Waals surface area contributed by atoms with Gasteiger partial charge in [0.25, 0.3) is 0 Å². The Morgan fingerprint density at radius 3 is 2.00 bits per heavy atom. The molecule has 2 N–H and O–H groups in total. The number of carbonyl (C=O) groups excluding carboxylic acids is 1. The van der Waals surface area contributed by atoms with E-state index in [2.05, 4.69) is 17.6 Å². The summed E-state index contributed by atoms with van der Waals surface area (Å²) in [7, 11) is 0. The van der Waals surface area contributed by atoms with Crippen molar-refractivity contribution in [1.29, 1.82) is 0 Å². The van der Waals surface area contributed by atoms with Gasteiger partial charge in [-0.1, -0.05) is 77.6 Å². The van der Waals surface area contributed by atoms with Crippen LogP contribution in [-0.2, 0) is 4.79 Å². The molecule has 0 spiro atoms. The Balaban J connectivity index is 1.77. The molecule has 0 aromatic carbocycles. The van der Waals surface area contributed by atoms with Gasteiger partial charge in [-0.15, -0.1) is 0 Å². The molecule has 1 atom stereocenters. The van der Waals surface area contributed by atoms with E-state index in [0.29, 0.717) is 12.5 Å². The third-order valence-electron chi connectivity index (χ3n) is 4.92. The number of piperidine rings is 1. The van der Waals surface area contributed by atoms with E-state index in [9.17, 15) is 4.79 Å². The zero-order chi connectivity index (χ0) is 16.6. The van der Waals surface area contributed by atoms with E-state index in [1.807, 2.05) is 0 Å². The zero-order valence-electron chi connectivity index (χ0n) is 15.5. The molecule has 3 nitrogen and oxygen atoms in total. The smallest absolute Gasteiger partial charge is 0.220 e. The molecule has 0 aromatic heterocycles. The summed E-state index contributed by atoms with van der Waals surface area (Å²) in [6, 6.07) is 0.369. The number of hydrogen-bond donors (Lipinski definition) is 2. The molecule has 0 saturated carbocycles. The van der Waals surface area contributed by atoms with Crippen molar-refractivity contribution in [2.45, 2.75) is 109 Å². The Bertz CT molecular complexity index is 275. The van der Waals surface area contributed by atoms with Crippen LogP contribution in [0.1, 0.15) is 103 Å². The van der Waals surface area contributed by atoms with Crippen LogP contribution in [0.2, 0.25) is 0 Å². The van der Waals surface area contributed by atoms with Gasteiger partial charge in [0.05, 0.1) is 0 Å². The molecule has 0 aromatic rings. The molecule has 1 saturated heterocycles. The van der Waals surface area contributed by atoms with Crippen LogP contribution >= 0.6 is 0 Å². The van der Waals surface area contributed by atoms with Crippen LogP contribution in [-0.4, -0.2) is 25.0 Å². The van der Waals surface area contributed by atoms with Crippen LogP contribution in [0.25, 0.3) is 0 Å². The summed E-state index contributed by atoms with van der Waals surface area (Å²) in [5, 5.41) is 6.50. The van der Waals surface area contributed by atoms with Crippen molar-refractivity contribution in [3.05, 3.63) is 0 Å². The summed E-state index contributed by atoms with van der Waals surface area (Å²) in [5.41, 5.74) is 0. The lowest BCUT2D eigenvalue weighted by molar-refractivity contribution is -0.122. The minimum atomic E-state index is 0.255. The molecule has 1 aliphatic rings. The fourth-order valence-corrected chi connectivity index (χ4v) is 3.40. The average Bonchev–Trinajstić information content (AvgIpc) is 2.57. The molecule has 1 aliphatic heterocycles. The highest BCUT2D eigenvalue weighted by Gasteiger charge is 2.14. The van der Waals surface area contributed by atoms with Crippen LogP contribution in [0.4, 0.5) is 0 Å². The second-order valence-electron chi connectivity index (χ2n) is 7.25. The molecule has 3 heteroatoms. The van der Waals surface area contributed by atoms with Gasteiger partial charge >= 0.3 is 0 Å². The molecule has 0 aliphatic carbocycles. The van der Waals surface area contributed by atoms with Crippen molar-refractivity contribution in [1.82, 2.24) is 10.6 Å². The second-order valence-corrected chi connectivity index (χ2v) is 7.25. The fraction of sp³-hybridized carbons (Fsp3) is 0.950. The average molecular weight is 325 g/mol. The molecule has 1 fully saturated rings. The first-order valence-electron chi connectivity index (χ1n) is 10.3. The lowest BCUT2D eigenvalue weighted by Crippen LogP contribution is -2.45. The summed E-state index contributed by atoms with van der Waals surface area (Å²) in [4.78, 5) is 11.9. The van der Waals surface area contributed by atoms with Gasteiger partial charge in [-0.05, 0) is 25.8 Å². The Kier molecular flexibility index (Phi) is 13.3. The molecule has 136 valence electrons. The fourth-order valence-electron chi connectivity index (χ4n) is 3.40. The van der Waals surface area contributed by atoms with Crippen molar-refractivity contribution >= 4 is 5.91 Å². The van der Waals surface area contributed by atoms with Crippen LogP contribution in [0.5, 0.6) is 0 Å². The number of rotatable bonds is 14. The van der Waals surface area contributed by atoms with Gasteiger partial charge < -0.3 is 10.6 Å². The number of amides is 1. The summed E-state index contributed by atoms with van der Waals surface area (Å²) < 4.78 is 0. The molecule has 0 unspecified atom stereocenters. The lowest BCUT2D eigenvalue weighted by Gasteiger charge is -2.23. The minimum absolute atomic E-state index is 0.255. The SMILES string of the molecule is CCCCCCCCCCCCCCC(=O)N[C@H]1CCCNC1. The number of unbranched alkanes of at least 4 members (excludes halogenated alkanes) is 11. The first-order chi connectivity index (χ1) is 11.3. The van der Waals surface area contributed by atoms with Crippen LogP contribution in [0, 0.1) is 0 Å². The summed E-state index contributed by atoms with van der Waals surface area (Å²) in [6.45, 7) is 4.33. The van der Waals surface area contributed by atoms with E-state index in [0.717, 1.165) is 25.9 Å². The monoisotopic (exact) mass is 324 g/mol. The van der Waals surface area contributed by atoms with Gasteiger partial charge in [0.2, 0.25) is 5.91 Å². The molecule has 0 bridgehead atoms. The molecule has 1 heterocycles. The molecular formula is C20H40N2O. The number of carbonyl (C=O) groups is 1. The number of nitrogens with one attached hydrogen (secondary N) is 2. The molecular weight excluding hydrogens is 284 g/mol. The molecule has 0 radical (unpaired) electrons. The maximum Gasteiger partial charge on any atom is 0.220 e. The van der Waals surface area contributed by atoms with Gasteiger partial charge in [0, 0.05) is 19.0 Å². The van der Waals surface area contributed by atoms with Crippen molar-refractivity contribution < 1.29 is 4.79 Å². The first-order valence-corrected chi connectivity index (χ1v) is 10.3. The summed E-state index contributed by atoms with van der Waals surface area (Å²) >= 11 is 0.